The predicted molar refractivity (Wildman–Crippen MR) is 87.9 cm³/mol. The molecule has 1 aromatic rings. The van der Waals surface area contributed by atoms with Gasteiger partial charge in [-0.25, -0.2) is 0 Å². The molecular weight excluding hydrogens is 264 g/mol. The van der Waals surface area contributed by atoms with Gasteiger partial charge in [-0.15, -0.1) is 0 Å². The lowest BCUT2D eigenvalue weighted by atomic mass is 10.3. The maximum absolute atomic E-state index is 11.3. The van der Waals surface area contributed by atoms with Gasteiger partial charge in [0, 0.05) is 24.1 Å². The van der Waals surface area contributed by atoms with Crippen molar-refractivity contribution in [2.45, 2.75) is 51.7 Å². The van der Waals surface area contributed by atoms with Gasteiger partial charge in [-0.2, -0.15) is 0 Å². The van der Waals surface area contributed by atoms with Gasteiger partial charge in [0.25, 0.3) is 0 Å². The standard InChI is InChI=1S/C16H26N2OSi/c1-4-20(5-2,6-3)16-12-15(11-14(13-19)17-16)18-9-7-8-10-18/h11-13H,4-10H2,1-3H3. The Kier molecular flexibility index (Phi) is 4.97. The topological polar surface area (TPSA) is 33.2 Å². The molecule has 110 valence electrons. The first-order chi connectivity index (χ1) is 9.69. The van der Waals surface area contributed by atoms with Crippen LogP contribution in [0.1, 0.15) is 44.1 Å². The molecule has 1 saturated heterocycles. The fourth-order valence-electron chi connectivity index (χ4n) is 3.32. The van der Waals surface area contributed by atoms with E-state index in [4.69, 9.17) is 0 Å². The van der Waals surface area contributed by atoms with E-state index in [-0.39, 0.29) is 0 Å². The number of nitrogens with zero attached hydrogens (tertiary/aromatic N) is 2. The van der Waals surface area contributed by atoms with E-state index in [9.17, 15) is 4.79 Å². The van der Waals surface area contributed by atoms with Crippen molar-refractivity contribution in [2.75, 3.05) is 18.0 Å². The third-order valence-corrected chi connectivity index (χ3v) is 10.4. The second-order valence-corrected chi connectivity index (χ2v) is 11.0. The molecule has 1 aliphatic heterocycles. The summed E-state index contributed by atoms with van der Waals surface area (Å²) in [6.45, 7) is 9.07. The molecule has 0 radical (unpaired) electrons. The Labute approximate surface area is 123 Å². The van der Waals surface area contributed by atoms with E-state index in [2.05, 4.69) is 36.7 Å². The second kappa shape index (κ2) is 6.53. The minimum atomic E-state index is -1.52. The molecule has 0 saturated carbocycles. The largest absolute Gasteiger partial charge is 0.371 e. The van der Waals surface area contributed by atoms with Crippen molar-refractivity contribution in [2.24, 2.45) is 0 Å². The molecule has 0 bridgehead atoms. The molecule has 0 amide bonds. The summed E-state index contributed by atoms with van der Waals surface area (Å²) in [6.07, 6.45) is 3.42. The number of rotatable bonds is 6. The van der Waals surface area contributed by atoms with Gasteiger partial charge in [-0.3, -0.25) is 9.78 Å². The fraction of sp³-hybridized carbons (Fsp3) is 0.625. The summed E-state index contributed by atoms with van der Waals surface area (Å²) in [4.78, 5) is 18.3. The van der Waals surface area contributed by atoms with E-state index in [1.165, 1.54) is 42.0 Å². The van der Waals surface area contributed by atoms with E-state index in [1.54, 1.807) is 0 Å². The third-order valence-electron chi connectivity index (χ3n) is 5.00. The quantitative estimate of drug-likeness (QED) is 0.596. The highest BCUT2D eigenvalue weighted by molar-refractivity contribution is 6.91. The van der Waals surface area contributed by atoms with E-state index in [0.717, 1.165) is 19.4 Å². The molecule has 2 rings (SSSR count). The summed E-state index contributed by atoms with van der Waals surface area (Å²) in [5.74, 6) is 0. The molecule has 0 aliphatic carbocycles. The Morgan fingerprint density at radius 2 is 1.75 bits per heavy atom. The van der Waals surface area contributed by atoms with Crippen molar-refractivity contribution in [3.63, 3.8) is 0 Å². The Morgan fingerprint density at radius 3 is 2.25 bits per heavy atom. The van der Waals surface area contributed by atoms with Crippen LogP contribution < -0.4 is 10.2 Å². The Balaban J connectivity index is 2.46. The maximum Gasteiger partial charge on any atom is 0.168 e. The van der Waals surface area contributed by atoms with Gasteiger partial charge in [0.15, 0.2) is 6.29 Å². The van der Waals surface area contributed by atoms with Crippen LogP contribution in [-0.2, 0) is 0 Å². The number of hydrogen-bond acceptors (Lipinski definition) is 3. The molecule has 1 fully saturated rings. The summed E-state index contributed by atoms with van der Waals surface area (Å²) in [6, 6.07) is 7.85. The summed E-state index contributed by atoms with van der Waals surface area (Å²) in [5.41, 5.74) is 1.82. The number of hydrogen-bond donors (Lipinski definition) is 0. The number of pyridine rings is 1. The van der Waals surface area contributed by atoms with Gasteiger partial charge in [0.05, 0.1) is 0 Å². The molecular formula is C16H26N2OSi. The summed E-state index contributed by atoms with van der Waals surface area (Å²) >= 11 is 0. The first-order valence-corrected chi connectivity index (χ1v) is 10.5. The van der Waals surface area contributed by atoms with Crippen molar-refractivity contribution in [1.82, 2.24) is 4.98 Å². The van der Waals surface area contributed by atoms with Crippen molar-refractivity contribution >= 4 is 25.4 Å². The zero-order valence-electron chi connectivity index (χ0n) is 13.0. The van der Waals surface area contributed by atoms with Gasteiger partial charge >= 0.3 is 0 Å². The first-order valence-electron chi connectivity index (χ1n) is 7.91. The van der Waals surface area contributed by atoms with E-state index < -0.39 is 8.07 Å². The molecule has 20 heavy (non-hydrogen) atoms. The number of aldehydes is 1. The van der Waals surface area contributed by atoms with Crippen LogP contribution in [0.3, 0.4) is 0 Å². The second-order valence-electron chi connectivity index (χ2n) is 5.79. The van der Waals surface area contributed by atoms with Crippen LogP contribution in [0.4, 0.5) is 5.69 Å². The number of aromatic nitrogens is 1. The maximum atomic E-state index is 11.3. The smallest absolute Gasteiger partial charge is 0.168 e. The molecule has 1 aliphatic rings. The predicted octanol–water partition coefficient (Wildman–Crippen LogP) is 3.21. The molecule has 0 N–H and O–H groups in total. The van der Waals surface area contributed by atoms with Gasteiger partial charge in [0.1, 0.15) is 13.8 Å². The number of carbonyl (C=O) groups excluding carboxylic acids is 1. The van der Waals surface area contributed by atoms with E-state index in [0.29, 0.717) is 5.69 Å². The summed E-state index contributed by atoms with van der Waals surface area (Å²) < 4.78 is 0. The molecule has 0 spiro atoms. The average molecular weight is 290 g/mol. The lowest BCUT2D eigenvalue weighted by molar-refractivity contribution is 0.111. The van der Waals surface area contributed by atoms with E-state index >= 15 is 0 Å². The van der Waals surface area contributed by atoms with Crippen LogP contribution in [0, 0.1) is 0 Å². The molecule has 0 aromatic carbocycles. The minimum Gasteiger partial charge on any atom is -0.371 e. The van der Waals surface area contributed by atoms with Gasteiger partial charge in [-0.1, -0.05) is 38.9 Å². The monoisotopic (exact) mass is 290 g/mol. The molecule has 0 unspecified atom stereocenters. The Bertz CT molecular complexity index is 457. The van der Waals surface area contributed by atoms with Gasteiger partial charge in [0.2, 0.25) is 0 Å². The van der Waals surface area contributed by atoms with E-state index in [1.807, 2.05) is 6.07 Å². The van der Waals surface area contributed by atoms with Crippen LogP contribution in [0.5, 0.6) is 0 Å². The number of anilines is 1. The zero-order valence-corrected chi connectivity index (χ0v) is 14.0. The Hall–Kier alpha value is -1.16. The van der Waals surface area contributed by atoms with Crippen LogP contribution in [-0.4, -0.2) is 32.4 Å². The minimum absolute atomic E-state index is 0.608. The van der Waals surface area contributed by atoms with Crippen LogP contribution in [0.15, 0.2) is 12.1 Å². The molecule has 3 nitrogen and oxygen atoms in total. The van der Waals surface area contributed by atoms with Crippen LogP contribution in [0.2, 0.25) is 18.1 Å². The van der Waals surface area contributed by atoms with Gasteiger partial charge < -0.3 is 4.90 Å². The average Bonchev–Trinajstić information content (AvgIpc) is 3.04. The highest BCUT2D eigenvalue weighted by Gasteiger charge is 2.32. The van der Waals surface area contributed by atoms with Gasteiger partial charge in [-0.05, 0) is 25.0 Å². The van der Waals surface area contributed by atoms with Crippen LogP contribution >= 0.6 is 0 Å². The zero-order chi connectivity index (χ0) is 14.6. The van der Waals surface area contributed by atoms with Crippen molar-refractivity contribution in [3.05, 3.63) is 17.8 Å². The highest BCUT2D eigenvalue weighted by Crippen LogP contribution is 2.24. The fourth-order valence-corrected chi connectivity index (χ4v) is 6.73. The lowest BCUT2D eigenvalue weighted by Crippen LogP contribution is -2.48. The third kappa shape index (κ3) is 2.80. The van der Waals surface area contributed by atoms with Crippen LogP contribution in [0.25, 0.3) is 0 Å². The van der Waals surface area contributed by atoms with Crippen molar-refractivity contribution in [3.8, 4) is 0 Å². The Morgan fingerprint density at radius 1 is 1.15 bits per heavy atom. The summed E-state index contributed by atoms with van der Waals surface area (Å²) in [5, 5.41) is 1.23. The lowest BCUT2D eigenvalue weighted by Gasteiger charge is -2.29. The van der Waals surface area contributed by atoms with Crippen molar-refractivity contribution in [1.29, 1.82) is 0 Å². The molecule has 1 aromatic heterocycles. The molecule has 4 heteroatoms. The number of carbonyl (C=O) groups is 1. The highest BCUT2D eigenvalue weighted by atomic mass is 28.3. The molecule has 0 atom stereocenters. The normalized spacial score (nSPS) is 15.7. The molecule has 2 heterocycles. The first kappa shape index (κ1) is 15.2. The summed E-state index contributed by atoms with van der Waals surface area (Å²) in [7, 11) is -1.52. The SMILES string of the molecule is CC[Si](CC)(CC)c1cc(N2CCCC2)cc(C=O)n1. The van der Waals surface area contributed by atoms with Crippen molar-refractivity contribution < 1.29 is 4.79 Å².